The standard InChI is InChI=1S/C9H19N3O2/c1-5(2)4-7(8(11)13)12-9(14)6(3)10/h5-7H,4,10H2,1-3H3,(H2,11,13)(H,12,14)/t6-,7?/m0/s1. The van der Waals surface area contributed by atoms with Crippen LogP contribution in [0.3, 0.4) is 0 Å². The molecule has 5 nitrogen and oxygen atoms in total. The lowest BCUT2D eigenvalue weighted by molar-refractivity contribution is -0.128. The first kappa shape index (κ1) is 12.9. The van der Waals surface area contributed by atoms with E-state index >= 15 is 0 Å². The van der Waals surface area contributed by atoms with Gasteiger partial charge in [0.2, 0.25) is 11.8 Å². The molecule has 0 aromatic heterocycles. The van der Waals surface area contributed by atoms with Crippen LogP contribution in [-0.2, 0) is 9.59 Å². The van der Waals surface area contributed by atoms with Crippen LogP contribution in [0.2, 0.25) is 0 Å². The van der Waals surface area contributed by atoms with Crippen molar-refractivity contribution in [3.05, 3.63) is 0 Å². The molecule has 0 radical (unpaired) electrons. The Kier molecular flexibility index (Phi) is 5.15. The monoisotopic (exact) mass is 201 g/mol. The molecule has 14 heavy (non-hydrogen) atoms. The number of hydrogen-bond acceptors (Lipinski definition) is 3. The first-order valence-corrected chi connectivity index (χ1v) is 4.69. The first-order valence-electron chi connectivity index (χ1n) is 4.69. The van der Waals surface area contributed by atoms with Crippen LogP contribution in [0.5, 0.6) is 0 Å². The van der Waals surface area contributed by atoms with Gasteiger partial charge in [-0.3, -0.25) is 9.59 Å². The molecule has 0 aliphatic heterocycles. The third kappa shape index (κ3) is 4.81. The molecule has 0 bridgehead atoms. The summed E-state index contributed by atoms with van der Waals surface area (Å²) in [4.78, 5) is 22.2. The second-order valence-corrected chi connectivity index (χ2v) is 3.88. The first-order chi connectivity index (χ1) is 6.34. The minimum Gasteiger partial charge on any atom is -0.368 e. The molecule has 0 saturated heterocycles. The predicted octanol–water partition coefficient (Wildman–Crippen LogP) is -0.650. The van der Waals surface area contributed by atoms with Gasteiger partial charge in [0.05, 0.1) is 6.04 Å². The van der Waals surface area contributed by atoms with E-state index in [-0.39, 0.29) is 5.91 Å². The topological polar surface area (TPSA) is 98.2 Å². The zero-order chi connectivity index (χ0) is 11.3. The van der Waals surface area contributed by atoms with Gasteiger partial charge in [-0.25, -0.2) is 0 Å². The number of amides is 2. The maximum atomic E-state index is 11.2. The summed E-state index contributed by atoms with van der Waals surface area (Å²) in [6.45, 7) is 5.46. The van der Waals surface area contributed by atoms with Crippen molar-refractivity contribution in [1.29, 1.82) is 0 Å². The van der Waals surface area contributed by atoms with Crippen LogP contribution in [0, 0.1) is 5.92 Å². The van der Waals surface area contributed by atoms with Gasteiger partial charge in [0, 0.05) is 0 Å². The fourth-order valence-electron chi connectivity index (χ4n) is 1.02. The Balaban J connectivity index is 4.23. The Morgan fingerprint density at radius 2 is 1.79 bits per heavy atom. The zero-order valence-corrected chi connectivity index (χ0v) is 8.91. The average Bonchev–Trinajstić information content (AvgIpc) is 2.01. The number of nitrogens with two attached hydrogens (primary N) is 2. The van der Waals surface area contributed by atoms with Crippen LogP contribution in [-0.4, -0.2) is 23.9 Å². The minimum atomic E-state index is -0.621. The van der Waals surface area contributed by atoms with Crippen molar-refractivity contribution < 1.29 is 9.59 Å². The summed E-state index contributed by atoms with van der Waals surface area (Å²) in [6, 6.07) is -1.24. The summed E-state index contributed by atoms with van der Waals surface area (Å²) in [7, 11) is 0. The van der Waals surface area contributed by atoms with Gasteiger partial charge in [-0.05, 0) is 19.3 Å². The second-order valence-electron chi connectivity index (χ2n) is 3.88. The predicted molar refractivity (Wildman–Crippen MR) is 54.2 cm³/mol. The molecule has 0 heterocycles. The lowest BCUT2D eigenvalue weighted by Crippen LogP contribution is -2.49. The average molecular weight is 201 g/mol. The van der Waals surface area contributed by atoms with Gasteiger partial charge in [0.1, 0.15) is 6.04 Å². The van der Waals surface area contributed by atoms with E-state index in [1.54, 1.807) is 6.92 Å². The second kappa shape index (κ2) is 5.59. The van der Waals surface area contributed by atoms with E-state index in [4.69, 9.17) is 11.5 Å². The van der Waals surface area contributed by atoms with Crippen molar-refractivity contribution in [1.82, 2.24) is 5.32 Å². The van der Waals surface area contributed by atoms with Gasteiger partial charge < -0.3 is 16.8 Å². The summed E-state index contributed by atoms with van der Waals surface area (Å²) in [5.41, 5.74) is 10.5. The third-order valence-corrected chi connectivity index (χ3v) is 1.78. The summed E-state index contributed by atoms with van der Waals surface area (Å²) < 4.78 is 0. The van der Waals surface area contributed by atoms with E-state index in [2.05, 4.69) is 5.32 Å². The van der Waals surface area contributed by atoms with Crippen molar-refractivity contribution in [3.8, 4) is 0 Å². The van der Waals surface area contributed by atoms with E-state index in [0.717, 1.165) is 0 Å². The van der Waals surface area contributed by atoms with Crippen LogP contribution in [0.25, 0.3) is 0 Å². The quantitative estimate of drug-likeness (QED) is 0.551. The lowest BCUT2D eigenvalue weighted by Gasteiger charge is -2.18. The van der Waals surface area contributed by atoms with Gasteiger partial charge in [-0.2, -0.15) is 0 Å². The summed E-state index contributed by atoms with van der Waals surface area (Å²) in [5.74, 6) is -0.581. The number of rotatable bonds is 5. The minimum absolute atomic E-state index is 0.292. The van der Waals surface area contributed by atoms with Crippen molar-refractivity contribution in [2.75, 3.05) is 0 Å². The highest BCUT2D eigenvalue weighted by molar-refractivity contribution is 5.88. The maximum absolute atomic E-state index is 11.2. The number of hydrogen-bond donors (Lipinski definition) is 3. The van der Waals surface area contributed by atoms with Crippen LogP contribution in [0.15, 0.2) is 0 Å². The molecule has 0 aliphatic rings. The Morgan fingerprint density at radius 1 is 1.29 bits per heavy atom. The molecule has 82 valence electrons. The highest BCUT2D eigenvalue weighted by atomic mass is 16.2. The molecule has 0 saturated carbocycles. The molecular weight excluding hydrogens is 182 g/mol. The number of primary amides is 1. The SMILES string of the molecule is CC(C)CC(NC(=O)[C@H](C)N)C(N)=O. The molecule has 0 aromatic carbocycles. The maximum Gasteiger partial charge on any atom is 0.240 e. The fourth-order valence-corrected chi connectivity index (χ4v) is 1.02. The zero-order valence-electron chi connectivity index (χ0n) is 8.91. The molecule has 5 N–H and O–H groups in total. The van der Waals surface area contributed by atoms with Crippen molar-refractivity contribution in [3.63, 3.8) is 0 Å². The molecule has 1 unspecified atom stereocenters. The Bertz CT molecular complexity index is 214. The fraction of sp³-hybridized carbons (Fsp3) is 0.778. The number of carbonyl (C=O) groups is 2. The van der Waals surface area contributed by atoms with Gasteiger partial charge in [-0.15, -0.1) is 0 Å². The normalized spacial score (nSPS) is 14.9. The summed E-state index contributed by atoms with van der Waals surface area (Å²) >= 11 is 0. The Labute approximate surface area is 84.2 Å². The number of carbonyl (C=O) groups excluding carboxylic acids is 2. The van der Waals surface area contributed by atoms with Crippen LogP contribution in [0.4, 0.5) is 0 Å². The third-order valence-electron chi connectivity index (χ3n) is 1.78. The van der Waals surface area contributed by atoms with Crippen LogP contribution >= 0.6 is 0 Å². The van der Waals surface area contributed by atoms with E-state index in [1.165, 1.54) is 0 Å². The van der Waals surface area contributed by atoms with Gasteiger partial charge >= 0.3 is 0 Å². The molecule has 0 aromatic rings. The van der Waals surface area contributed by atoms with E-state index in [0.29, 0.717) is 12.3 Å². The van der Waals surface area contributed by atoms with Crippen LogP contribution < -0.4 is 16.8 Å². The van der Waals surface area contributed by atoms with Crippen molar-refractivity contribution in [2.45, 2.75) is 39.3 Å². The molecule has 0 spiro atoms. The Hall–Kier alpha value is -1.10. The lowest BCUT2D eigenvalue weighted by atomic mass is 10.0. The van der Waals surface area contributed by atoms with Gasteiger partial charge in [0.15, 0.2) is 0 Å². The highest BCUT2D eigenvalue weighted by Gasteiger charge is 2.20. The smallest absolute Gasteiger partial charge is 0.240 e. The summed E-state index contributed by atoms with van der Waals surface area (Å²) in [6.07, 6.45) is 0.536. The van der Waals surface area contributed by atoms with Crippen molar-refractivity contribution >= 4 is 11.8 Å². The van der Waals surface area contributed by atoms with E-state index in [9.17, 15) is 9.59 Å². The van der Waals surface area contributed by atoms with Crippen LogP contribution in [0.1, 0.15) is 27.2 Å². The van der Waals surface area contributed by atoms with Gasteiger partial charge in [-0.1, -0.05) is 13.8 Å². The molecule has 2 atom stereocenters. The largest absolute Gasteiger partial charge is 0.368 e. The van der Waals surface area contributed by atoms with Crippen molar-refractivity contribution in [2.24, 2.45) is 17.4 Å². The molecule has 5 heteroatoms. The van der Waals surface area contributed by atoms with Gasteiger partial charge in [0.25, 0.3) is 0 Å². The molecule has 0 aliphatic carbocycles. The molecular formula is C9H19N3O2. The molecule has 0 rings (SSSR count). The summed E-state index contributed by atoms with van der Waals surface area (Å²) in [5, 5.41) is 2.51. The molecule has 0 fully saturated rings. The highest BCUT2D eigenvalue weighted by Crippen LogP contribution is 2.04. The number of nitrogens with one attached hydrogen (secondary N) is 1. The van der Waals surface area contributed by atoms with E-state index < -0.39 is 18.0 Å². The molecule has 2 amide bonds. The Morgan fingerprint density at radius 3 is 2.07 bits per heavy atom. The van der Waals surface area contributed by atoms with E-state index in [1.807, 2.05) is 13.8 Å².